The molecule has 0 bridgehead atoms. The number of methoxy groups -OCH3 is 1. The summed E-state index contributed by atoms with van der Waals surface area (Å²) in [4.78, 5) is 13.3. The summed E-state index contributed by atoms with van der Waals surface area (Å²) in [5.41, 5.74) is 1.94. The van der Waals surface area contributed by atoms with Gasteiger partial charge in [-0.2, -0.15) is 0 Å². The molecule has 134 valence electrons. The quantitative estimate of drug-likeness (QED) is 0.684. The third-order valence-electron chi connectivity index (χ3n) is 3.82. The number of aryl methyl sites for hydroxylation is 1. The molecule has 0 saturated heterocycles. The molecule has 1 unspecified atom stereocenters. The summed E-state index contributed by atoms with van der Waals surface area (Å²) in [5.74, 6) is 1.62. The first-order valence-corrected chi connectivity index (χ1v) is 8.51. The van der Waals surface area contributed by atoms with Crippen LogP contribution in [0.4, 0.5) is 5.69 Å². The summed E-state index contributed by atoms with van der Waals surface area (Å²) in [6, 6.07) is 15.4. The van der Waals surface area contributed by atoms with Gasteiger partial charge < -0.3 is 19.7 Å². The standard InChI is InChI=1S/C20H26N2O3/c1-16-7-4-10-19(13-16)25-12-6-11-22(2)15-20(23)21-17-8-5-9-18(14-17)24-3/h4-5,7-10,13-14H,6,11-12,15H2,1-3H3,(H,21,23)/p+1. The Balaban J connectivity index is 1.67. The van der Waals surface area contributed by atoms with Crippen molar-refractivity contribution in [3.05, 3.63) is 54.1 Å². The minimum Gasteiger partial charge on any atom is -0.497 e. The van der Waals surface area contributed by atoms with E-state index in [4.69, 9.17) is 9.47 Å². The van der Waals surface area contributed by atoms with Crippen LogP contribution < -0.4 is 19.7 Å². The second-order valence-electron chi connectivity index (χ2n) is 6.18. The highest BCUT2D eigenvalue weighted by atomic mass is 16.5. The van der Waals surface area contributed by atoms with Gasteiger partial charge in [0.2, 0.25) is 0 Å². The van der Waals surface area contributed by atoms with Crippen LogP contribution in [0.3, 0.4) is 0 Å². The molecule has 1 atom stereocenters. The van der Waals surface area contributed by atoms with E-state index in [0.717, 1.165) is 35.1 Å². The highest BCUT2D eigenvalue weighted by Crippen LogP contribution is 2.16. The Morgan fingerprint density at radius 2 is 1.88 bits per heavy atom. The molecule has 0 aromatic heterocycles. The van der Waals surface area contributed by atoms with E-state index in [2.05, 4.69) is 5.32 Å². The summed E-state index contributed by atoms with van der Waals surface area (Å²) >= 11 is 0. The van der Waals surface area contributed by atoms with Crippen molar-refractivity contribution < 1.29 is 19.2 Å². The molecule has 25 heavy (non-hydrogen) atoms. The Morgan fingerprint density at radius 1 is 1.12 bits per heavy atom. The number of rotatable bonds is 9. The Kier molecular flexibility index (Phi) is 7.29. The maximum atomic E-state index is 12.1. The van der Waals surface area contributed by atoms with E-state index in [1.165, 1.54) is 5.56 Å². The molecular formula is C20H27N2O3+. The Bertz CT molecular complexity index is 688. The van der Waals surface area contributed by atoms with E-state index in [-0.39, 0.29) is 5.91 Å². The molecule has 0 saturated carbocycles. The van der Waals surface area contributed by atoms with E-state index >= 15 is 0 Å². The molecule has 2 N–H and O–H groups in total. The number of quaternary nitrogens is 1. The average molecular weight is 343 g/mol. The van der Waals surface area contributed by atoms with Gasteiger partial charge in [-0.15, -0.1) is 0 Å². The fraction of sp³-hybridized carbons (Fsp3) is 0.350. The minimum atomic E-state index is -0.00893. The first-order valence-electron chi connectivity index (χ1n) is 8.51. The van der Waals surface area contributed by atoms with E-state index < -0.39 is 0 Å². The number of benzene rings is 2. The zero-order valence-electron chi connectivity index (χ0n) is 15.2. The summed E-state index contributed by atoms with van der Waals surface area (Å²) in [5, 5.41) is 2.90. The van der Waals surface area contributed by atoms with E-state index in [0.29, 0.717) is 13.2 Å². The van der Waals surface area contributed by atoms with Crippen molar-refractivity contribution in [1.29, 1.82) is 0 Å². The molecule has 5 nitrogen and oxygen atoms in total. The van der Waals surface area contributed by atoms with Crippen molar-refractivity contribution in [1.82, 2.24) is 0 Å². The van der Waals surface area contributed by atoms with Crippen LogP contribution in [0.25, 0.3) is 0 Å². The van der Waals surface area contributed by atoms with Crippen molar-refractivity contribution in [2.45, 2.75) is 13.3 Å². The van der Waals surface area contributed by atoms with E-state index in [1.807, 2.05) is 62.5 Å². The first kappa shape index (κ1) is 18.8. The SMILES string of the molecule is COc1cccc(NC(=O)C[NH+](C)CCCOc2cccc(C)c2)c1. The first-order chi connectivity index (χ1) is 12.1. The predicted molar refractivity (Wildman–Crippen MR) is 99.5 cm³/mol. The molecule has 2 aromatic carbocycles. The summed E-state index contributed by atoms with van der Waals surface area (Å²) in [7, 11) is 3.62. The van der Waals surface area contributed by atoms with Crippen molar-refractivity contribution in [2.75, 3.05) is 39.2 Å². The van der Waals surface area contributed by atoms with Gasteiger partial charge in [0.15, 0.2) is 6.54 Å². The van der Waals surface area contributed by atoms with Crippen LogP contribution in [0.15, 0.2) is 48.5 Å². The van der Waals surface area contributed by atoms with Gasteiger partial charge in [-0.1, -0.05) is 18.2 Å². The average Bonchev–Trinajstić information content (AvgIpc) is 2.59. The highest BCUT2D eigenvalue weighted by Gasteiger charge is 2.10. The zero-order chi connectivity index (χ0) is 18.1. The third kappa shape index (κ3) is 6.85. The molecule has 0 aliphatic carbocycles. The number of carbonyl (C=O) groups excluding carboxylic acids is 1. The lowest BCUT2D eigenvalue weighted by atomic mass is 10.2. The van der Waals surface area contributed by atoms with Crippen LogP contribution in [-0.4, -0.2) is 39.8 Å². The molecule has 2 aromatic rings. The molecular weight excluding hydrogens is 316 g/mol. The maximum Gasteiger partial charge on any atom is 0.279 e. The van der Waals surface area contributed by atoms with Gasteiger partial charge in [0.25, 0.3) is 5.91 Å². The molecule has 0 heterocycles. The van der Waals surface area contributed by atoms with Crippen LogP contribution >= 0.6 is 0 Å². The van der Waals surface area contributed by atoms with Gasteiger partial charge in [-0.05, 0) is 36.8 Å². The van der Waals surface area contributed by atoms with Gasteiger partial charge >= 0.3 is 0 Å². The van der Waals surface area contributed by atoms with Crippen LogP contribution in [0.2, 0.25) is 0 Å². The van der Waals surface area contributed by atoms with Crippen molar-refractivity contribution in [2.24, 2.45) is 0 Å². The van der Waals surface area contributed by atoms with Gasteiger partial charge in [-0.3, -0.25) is 4.79 Å². The number of ether oxygens (including phenoxy) is 2. The zero-order valence-corrected chi connectivity index (χ0v) is 15.2. The molecule has 0 aliphatic heterocycles. The number of amides is 1. The Morgan fingerprint density at radius 3 is 2.64 bits per heavy atom. The van der Waals surface area contributed by atoms with Gasteiger partial charge in [0.05, 0.1) is 27.3 Å². The number of carbonyl (C=O) groups is 1. The number of nitrogens with one attached hydrogen (secondary N) is 2. The summed E-state index contributed by atoms with van der Waals surface area (Å²) in [6.07, 6.45) is 0.895. The lowest BCUT2D eigenvalue weighted by Gasteiger charge is -2.14. The van der Waals surface area contributed by atoms with Crippen molar-refractivity contribution >= 4 is 11.6 Å². The number of hydrogen-bond acceptors (Lipinski definition) is 3. The molecule has 0 spiro atoms. The normalized spacial score (nSPS) is 11.6. The highest BCUT2D eigenvalue weighted by molar-refractivity contribution is 5.91. The number of anilines is 1. The van der Waals surface area contributed by atoms with E-state index in [1.54, 1.807) is 7.11 Å². The summed E-state index contributed by atoms with van der Waals surface area (Å²) < 4.78 is 10.9. The largest absolute Gasteiger partial charge is 0.497 e. The fourth-order valence-corrected chi connectivity index (χ4v) is 2.54. The molecule has 2 rings (SSSR count). The van der Waals surface area contributed by atoms with Crippen LogP contribution in [0.5, 0.6) is 11.5 Å². The topological polar surface area (TPSA) is 52.0 Å². The fourth-order valence-electron chi connectivity index (χ4n) is 2.54. The predicted octanol–water partition coefficient (Wildman–Crippen LogP) is 1.93. The van der Waals surface area contributed by atoms with E-state index in [9.17, 15) is 4.79 Å². The van der Waals surface area contributed by atoms with Crippen LogP contribution in [-0.2, 0) is 4.79 Å². The second kappa shape index (κ2) is 9.69. The molecule has 0 radical (unpaired) electrons. The smallest absolute Gasteiger partial charge is 0.279 e. The summed E-state index contributed by atoms with van der Waals surface area (Å²) in [6.45, 7) is 3.99. The Labute approximate surface area is 149 Å². The monoisotopic (exact) mass is 343 g/mol. The second-order valence-corrected chi connectivity index (χ2v) is 6.18. The molecule has 0 aliphatic rings. The molecule has 5 heteroatoms. The van der Waals surface area contributed by atoms with Gasteiger partial charge in [0, 0.05) is 18.2 Å². The number of hydrogen-bond donors (Lipinski definition) is 2. The van der Waals surface area contributed by atoms with Crippen molar-refractivity contribution in [3.8, 4) is 11.5 Å². The maximum absolute atomic E-state index is 12.1. The lowest BCUT2D eigenvalue weighted by molar-refractivity contribution is -0.871. The number of likely N-dealkylation sites (N-methyl/N-ethyl adjacent to an activating group) is 1. The van der Waals surface area contributed by atoms with Crippen LogP contribution in [0, 0.1) is 6.92 Å². The third-order valence-corrected chi connectivity index (χ3v) is 3.82. The lowest BCUT2D eigenvalue weighted by Crippen LogP contribution is -3.10. The minimum absolute atomic E-state index is 0.00893. The van der Waals surface area contributed by atoms with Gasteiger partial charge in [-0.25, -0.2) is 0 Å². The molecule has 1 amide bonds. The van der Waals surface area contributed by atoms with Crippen molar-refractivity contribution in [3.63, 3.8) is 0 Å². The van der Waals surface area contributed by atoms with Crippen LogP contribution in [0.1, 0.15) is 12.0 Å². The van der Waals surface area contributed by atoms with Gasteiger partial charge in [0.1, 0.15) is 11.5 Å². The Hall–Kier alpha value is -2.53. The molecule has 0 fully saturated rings.